The molecule has 6 atom stereocenters. The number of amidine groups is 1. The number of aliphatic hydroxyl groups excluding tert-OH is 1. The molecule has 34 heavy (non-hydrogen) atoms. The van der Waals surface area contributed by atoms with Crippen molar-refractivity contribution in [2.45, 2.75) is 55.3 Å². The van der Waals surface area contributed by atoms with Gasteiger partial charge in [-0.3, -0.25) is 4.99 Å². The van der Waals surface area contributed by atoms with Gasteiger partial charge in [-0.15, -0.1) is 0 Å². The normalized spacial score (nSPS) is 27.7. The number of aliphatic imine (C=N–C) groups is 1. The first-order valence-electron chi connectivity index (χ1n) is 10.9. The van der Waals surface area contributed by atoms with Gasteiger partial charge in [-0.1, -0.05) is 72.4 Å². The fraction of sp³-hybridized carbons (Fsp3) is 0.458. The first-order valence-corrected chi connectivity index (χ1v) is 11.7. The minimum atomic E-state index is -4.88. The van der Waals surface area contributed by atoms with Crippen LogP contribution in [0.4, 0.5) is 13.2 Å². The molecule has 4 rings (SSSR count). The zero-order valence-electron chi connectivity index (χ0n) is 18.8. The first-order chi connectivity index (χ1) is 16.2. The van der Waals surface area contributed by atoms with Crippen molar-refractivity contribution >= 4 is 16.9 Å². The van der Waals surface area contributed by atoms with Crippen LogP contribution in [-0.4, -0.2) is 71.3 Å². The Morgan fingerprint density at radius 1 is 0.971 bits per heavy atom. The van der Waals surface area contributed by atoms with Crippen LogP contribution in [0.3, 0.4) is 0 Å². The molecule has 1 N–H and O–H groups in total. The van der Waals surface area contributed by atoms with Gasteiger partial charge >= 0.3 is 6.18 Å². The van der Waals surface area contributed by atoms with Crippen LogP contribution in [0.5, 0.6) is 0 Å². The van der Waals surface area contributed by atoms with Crippen LogP contribution >= 0.6 is 11.8 Å². The quantitative estimate of drug-likeness (QED) is 0.629. The minimum Gasteiger partial charge on any atom is -0.381 e. The highest BCUT2D eigenvalue weighted by Crippen LogP contribution is 2.42. The summed E-state index contributed by atoms with van der Waals surface area (Å²) in [7, 11) is 3.60. The van der Waals surface area contributed by atoms with Gasteiger partial charge in [0.2, 0.25) is 0 Å². The van der Waals surface area contributed by atoms with E-state index < -0.39 is 42.1 Å². The van der Waals surface area contributed by atoms with Gasteiger partial charge in [-0.05, 0) is 11.1 Å². The van der Waals surface area contributed by atoms with Crippen molar-refractivity contribution in [3.05, 3.63) is 71.8 Å². The van der Waals surface area contributed by atoms with E-state index in [0.29, 0.717) is 5.17 Å². The molecule has 2 aliphatic heterocycles. The number of alkyl halides is 3. The van der Waals surface area contributed by atoms with Crippen LogP contribution < -0.4 is 0 Å². The molecule has 0 spiro atoms. The highest BCUT2D eigenvalue weighted by molar-refractivity contribution is 8.14. The zero-order valence-corrected chi connectivity index (χ0v) is 19.6. The summed E-state index contributed by atoms with van der Waals surface area (Å²) < 4.78 is 58.9. The van der Waals surface area contributed by atoms with E-state index in [1.165, 1.54) is 11.8 Å². The third kappa shape index (κ3) is 5.75. The lowest BCUT2D eigenvalue weighted by Gasteiger charge is -2.44. The van der Waals surface area contributed by atoms with E-state index in [1.807, 2.05) is 60.7 Å². The fourth-order valence-electron chi connectivity index (χ4n) is 3.92. The molecular formula is C24H27F3N2O4S. The monoisotopic (exact) mass is 496 g/mol. The molecule has 2 aromatic carbocycles. The van der Waals surface area contributed by atoms with Gasteiger partial charge in [0.05, 0.1) is 13.2 Å². The van der Waals surface area contributed by atoms with Crippen molar-refractivity contribution in [1.82, 2.24) is 4.90 Å². The van der Waals surface area contributed by atoms with E-state index in [2.05, 4.69) is 4.99 Å². The maximum absolute atomic E-state index is 13.6. The number of hydrogen-bond acceptors (Lipinski definition) is 7. The van der Waals surface area contributed by atoms with E-state index in [1.54, 1.807) is 19.0 Å². The number of thioether (sulfide) groups is 1. The third-order valence-corrected chi connectivity index (χ3v) is 6.94. The molecule has 0 aliphatic carbocycles. The smallest absolute Gasteiger partial charge is 0.381 e. The molecule has 6 nitrogen and oxygen atoms in total. The summed E-state index contributed by atoms with van der Waals surface area (Å²) in [5.41, 5.74) is 0.907. The van der Waals surface area contributed by atoms with E-state index in [9.17, 15) is 18.3 Å². The lowest BCUT2D eigenvalue weighted by Crippen LogP contribution is -2.62. The summed E-state index contributed by atoms with van der Waals surface area (Å²) in [6, 6.07) is 17.8. The molecule has 0 amide bonds. The van der Waals surface area contributed by atoms with Gasteiger partial charge in [0, 0.05) is 14.1 Å². The summed E-state index contributed by atoms with van der Waals surface area (Å²) in [5.74, 6) is 0. The summed E-state index contributed by atoms with van der Waals surface area (Å²) in [5, 5.41) is 10.9. The summed E-state index contributed by atoms with van der Waals surface area (Å²) in [6.07, 6.45) is -11.4. The number of aliphatic hydroxyl groups is 1. The number of halogens is 3. The van der Waals surface area contributed by atoms with Gasteiger partial charge in [-0.2, -0.15) is 13.2 Å². The average molecular weight is 497 g/mol. The van der Waals surface area contributed by atoms with E-state index >= 15 is 0 Å². The Morgan fingerprint density at radius 3 is 2.00 bits per heavy atom. The maximum Gasteiger partial charge on any atom is 0.417 e. The van der Waals surface area contributed by atoms with Crippen molar-refractivity contribution in [3.63, 3.8) is 0 Å². The second kappa shape index (κ2) is 10.7. The standard InChI is InChI=1S/C24H27F3N2O4S/c1-29(2)23-28-17-18(31-13-15-9-5-3-6-10-15)19(32-14-16-11-7-4-8-12-16)20(33-22(17)34-23)21(30)24(25,26)27/h3-12,17-22,30H,13-14H2,1-2H3/t17-,18-,19+,20+,21+,22-/m1/s1. The molecule has 0 radical (unpaired) electrons. The molecular weight excluding hydrogens is 469 g/mol. The van der Waals surface area contributed by atoms with Crippen molar-refractivity contribution in [2.75, 3.05) is 14.1 Å². The SMILES string of the molecule is CN(C)C1=N[C@@H]2[C@@H](OCc3ccccc3)[C@H](OCc3ccccc3)[C@@H]([C@H](O)C(F)(F)F)O[C@@H]2S1. The summed E-state index contributed by atoms with van der Waals surface area (Å²) >= 11 is 1.22. The molecule has 0 aromatic heterocycles. The molecule has 2 aromatic rings. The number of ether oxygens (including phenoxy) is 3. The van der Waals surface area contributed by atoms with Crippen molar-refractivity contribution in [3.8, 4) is 0 Å². The molecule has 0 saturated carbocycles. The Labute approximate surface area is 200 Å². The van der Waals surface area contributed by atoms with Gasteiger partial charge < -0.3 is 24.2 Å². The van der Waals surface area contributed by atoms with E-state index in [4.69, 9.17) is 14.2 Å². The van der Waals surface area contributed by atoms with Gasteiger partial charge in [-0.25, -0.2) is 0 Å². The number of benzene rings is 2. The highest BCUT2D eigenvalue weighted by atomic mass is 32.2. The van der Waals surface area contributed by atoms with Gasteiger partial charge in [0.15, 0.2) is 11.3 Å². The van der Waals surface area contributed by atoms with E-state index in [0.717, 1.165) is 11.1 Å². The maximum atomic E-state index is 13.6. The van der Waals surface area contributed by atoms with Gasteiger partial charge in [0.1, 0.15) is 29.8 Å². The number of fused-ring (bicyclic) bond motifs is 1. The summed E-state index contributed by atoms with van der Waals surface area (Å²) in [4.78, 5) is 6.45. The molecule has 184 valence electrons. The Balaban J connectivity index is 1.65. The van der Waals surface area contributed by atoms with E-state index in [-0.39, 0.29) is 13.2 Å². The van der Waals surface area contributed by atoms with Crippen molar-refractivity contribution in [1.29, 1.82) is 0 Å². The van der Waals surface area contributed by atoms with Crippen molar-refractivity contribution < 1.29 is 32.5 Å². The molecule has 10 heteroatoms. The first kappa shape index (κ1) is 25.0. The fourth-order valence-corrected chi connectivity index (χ4v) is 5.06. The third-order valence-electron chi connectivity index (χ3n) is 5.64. The van der Waals surface area contributed by atoms with Crippen LogP contribution in [0, 0.1) is 0 Å². The molecule has 2 aliphatic rings. The summed E-state index contributed by atoms with van der Waals surface area (Å²) in [6.45, 7) is 0.197. The predicted octanol–water partition coefficient (Wildman–Crippen LogP) is 3.84. The number of nitrogens with zero attached hydrogens (tertiary/aromatic N) is 2. The molecule has 1 saturated heterocycles. The predicted molar refractivity (Wildman–Crippen MR) is 123 cm³/mol. The molecule has 1 fully saturated rings. The van der Waals surface area contributed by atoms with Crippen LogP contribution in [-0.2, 0) is 27.4 Å². The second-order valence-corrected chi connectivity index (χ2v) is 9.46. The Bertz CT molecular complexity index is 962. The Kier molecular flexibility index (Phi) is 7.83. The van der Waals surface area contributed by atoms with Gasteiger partial charge in [0.25, 0.3) is 0 Å². The Hall–Kier alpha value is -2.11. The van der Waals surface area contributed by atoms with Crippen LogP contribution in [0.1, 0.15) is 11.1 Å². The lowest BCUT2D eigenvalue weighted by atomic mass is 9.93. The van der Waals surface area contributed by atoms with Crippen LogP contribution in [0.25, 0.3) is 0 Å². The van der Waals surface area contributed by atoms with Crippen LogP contribution in [0.2, 0.25) is 0 Å². The Morgan fingerprint density at radius 2 is 1.50 bits per heavy atom. The highest BCUT2D eigenvalue weighted by Gasteiger charge is 2.57. The average Bonchev–Trinajstić information content (AvgIpc) is 3.26. The number of rotatable bonds is 7. The number of hydrogen-bond donors (Lipinski definition) is 1. The van der Waals surface area contributed by atoms with Crippen molar-refractivity contribution in [2.24, 2.45) is 4.99 Å². The second-order valence-electron chi connectivity index (χ2n) is 8.39. The molecule has 0 unspecified atom stereocenters. The zero-order chi connectivity index (χ0) is 24.3. The lowest BCUT2D eigenvalue weighted by molar-refractivity contribution is -0.283. The van der Waals surface area contributed by atoms with Crippen LogP contribution in [0.15, 0.2) is 65.7 Å². The minimum absolute atomic E-state index is 0.0376. The largest absolute Gasteiger partial charge is 0.417 e. The molecule has 2 heterocycles. The topological polar surface area (TPSA) is 63.5 Å². The molecule has 0 bridgehead atoms.